The second-order valence-electron chi connectivity index (χ2n) is 6.45. The maximum absolute atomic E-state index is 6.53. The van der Waals surface area contributed by atoms with Gasteiger partial charge in [0.15, 0.2) is 0 Å². The Bertz CT molecular complexity index is 612. The van der Waals surface area contributed by atoms with Crippen LogP contribution in [-0.2, 0) is 6.42 Å². The minimum absolute atomic E-state index is 0.169. The molecule has 4 atom stereocenters. The Hall–Kier alpha value is -0.930. The number of rotatable bonds is 4. The van der Waals surface area contributed by atoms with Crippen LogP contribution < -0.4 is 0 Å². The van der Waals surface area contributed by atoms with Crippen molar-refractivity contribution in [1.82, 2.24) is 10.2 Å². The first kappa shape index (κ1) is 13.7. The second-order valence-corrected chi connectivity index (χ2v) is 7.98. The van der Waals surface area contributed by atoms with Gasteiger partial charge in [-0.25, -0.2) is 0 Å². The number of hydrogen-bond donors (Lipinski definition) is 0. The van der Waals surface area contributed by atoms with E-state index in [2.05, 4.69) is 22.3 Å². The van der Waals surface area contributed by atoms with Crippen molar-refractivity contribution in [3.8, 4) is 0 Å². The van der Waals surface area contributed by atoms with Crippen molar-refractivity contribution in [3.63, 3.8) is 0 Å². The summed E-state index contributed by atoms with van der Waals surface area (Å²) in [7, 11) is 0. The lowest BCUT2D eigenvalue weighted by Crippen LogP contribution is -2.12. The highest BCUT2D eigenvalue weighted by Gasteiger charge is 2.39. The van der Waals surface area contributed by atoms with Gasteiger partial charge in [-0.05, 0) is 42.6 Å². The third-order valence-corrected chi connectivity index (χ3v) is 6.71. The molecule has 0 radical (unpaired) electrons. The molecule has 4 heteroatoms. The van der Waals surface area contributed by atoms with Gasteiger partial charge in [-0.15, -0.1) is 21.8 Å². The van der Waals surface area contributed by atoms with Crippen LogP contribution in [0.4, 0.5) is 0 Å². The average Bonchev–Trinajstić information content (AvgIpc) is 3.24. The molecule has 1 aromatic carbocycles. The number of nitrogens with zero attached hydrogens (tertiary/aromatic N) is 2. The van der Waals surface area contributed by atoms with Crippen LogP contribution in [0.25, 0.3) is 0 Å². The molecule has 2 bridgehead atoms. The molecule has 2 fully saturated rings. The largest absolute Gasteiger partial charge is 0.143 e. The number of alkyl halides is 1. The lowest BCUT2D eigenvalue weighted by atomic mass is 9.87. The molecule has 0 N–H and O–H groups in total. The van der Waals surface area contributed by atoms with Crippen molar-refractivity contribution in [3.05, 3.63) is 45.9 Å². The average molecular weight is 319 g/mol. The number of halogens is 1. The minimum atomic E-state index is -0.169. The van der Waals surface area contributed by atoms with Crippen LogP contribution in [0.1, 0.15) is 46.6 Å². The summed E-state index contributed by atoms with van der Waals surface area (Å²) in [4.78, 5) is 0. The van der Waals surface area contributed by atoms with Gasteiger partial charge in [0.1, 0.15) is 15.4 Å². The zero-order valence-electron chi connectivity index (χ0n) is 11.9. The molecule has 2 aliphatic carbocycles. The molecule has 4 unspecified atom stereocenters. The third-order valence-electron chi connectivity index (χ3n) is 5.11. The molecule has 0 spiro atoms. The van der Waals surface area contributed by atoms with Crippen molar-refractivity contribution in [2.45, 2.75) is 37.5 Å². The lowest BCUT2D eigenvalue weighted by Gasteiger charge is -2.19. The van der Waals surface area contributed by atoms with Crippen molar-refractivity contribution in [2.24, 2.45) is 17.8 Å². The Morgan fingerprint density at radius 1 is 1.14 bits per heavy atom. The Morgan fingerprint density at radius 2 is 2.00 bits per heavy atom. The second kappa shape index (κ2) is 5.69. The number of fused-ring (bicyclic) bond motifs is 2. The third kappa shape index (κ3) is 2.74. The lowest BCUT2D eigenvalue weighted by molar-refractivity contribution is 0.331. The van der Waals surface area contributed by atoms with Gasteiger partial charge in [0, 0.05) is 6.42 Å². The molecule has 2 aliphatic rings. The van der Waals surface area contributed by atoms with Crippen LogP contribution in [-0.4, -0.2) is 10.2 Å². The predicted molar refractivity (Wildman–Crippen MR) is 86.7 cm³/mol. The van der Waals surface area contributed by atoms with E-state index in [0.29, 0.717) is 0 Å². The first-order valence-electron chi connectivity index (χ1n) is 7.81. The molecule has 2 nitrogen and oxygen atoms in total. The summed E-state index contributed by atoms with van der Waals surface area (Å²) in [5.74, 6) is 2.79. The zero-order valence-corrected chi connectivity index (χ0v) is 13.5. The smallest absolute Gasteiger partial charge is 0.139 e. The Labute approximate surface area is 134 Å². The highest BCUT2D eigenvalue weighted by molar-refractivity contribution is 7.11. The van der Waals surface area contributed by atoms with E-state index in [1.165, 1.54) is 30.7 Å². The van der Waals surface area contributed by atoms with Gasteiger partial charge in [0.2, 0.25) is 0 Å². The van der Waals surface area contributed by atoms with Gasteiger partial charge < -0.3 is 0 Å². The SMILES string of the molecule is ClC(c1ccccc1)c1nnc(CC2CC3CCC2C3)s1. The fourth-order valence-corrected chi connectivity index (χ4v) is 5.33. The molecule has 4 rings (SSSR count). The standard InChI is InChI=1S/C17H19ClN2S/c18-16(12-4-2-1-3-5-12)17-20-19-15(21-17)10-14-9-11-6-7-13(14)8-11/h1-5,11,13-14,16H,6-10H2. The van der Waals surface area contributed by atoms with Crippen LogP contribution in [0.15, 0.2) is 30.3 Å². The van der Waals surface area contributed by atoms with E-state index in [9.17, 15) is 0 Å². The summed E-state index contributed by atoms with van der Waals surface area (Å²) in [6.45, 7) is 0. The minimum Gasteiger partial charge on any atom is -0.143 e. The normalized spacial score (nSPS) is 28.9. The molecule has 0 amide bonds. The predicted octanol–water partition coefficient (Wildman–Crippen LogP) is 4.85. The summed E-state index contributed by atoms with van der Waals surface area (Å²) in [6, 6.07) is 10.1. The van der Waals surface area contributed by atoms with E-state index in [0.717, 1.165) is 34.7 Å². The van der Waals surface area contributed by atoms with Gasteiger partial charge >= 0.3 is 0 Å². The molecule has 21 heavy (non-hydrogen) atoms. The van der Waals surface area contributed by atoms with Crippen LogP contribution in [0, 0.1) is 17.8 Å². The first-order valence-corrected chi connectivity index (χ1v) is 9.06. The molecular formula is C17H19ClN2S. The van der Waals surface area contributed by atoms with E-state index in [-0.39, 0.29) is 5.38 Å². The van der Waals surface area contributed by atoms with E-state index < -0.39 is 0 Å². The first-order chi connectivity index (χ1) is 10.3. The summed E-state index contributed by atoms with van der Waals surface area (Å²) in [5, 5.41) is 10.7. The topological polar surface area (TPSA) is 25.8 Å². The molecule has 2 aromatic rings. The van der Waals surface area contributed by atoms with Crippen molar-refractivity contribution in [2.75, 3.05) is 0 Å². The Morgan fingerprint density at radius 3 is 2.71 bits per heavy atom. The molecule has 1 heterocycles. The van der Waals surface area contributed by atoms with Crippen LogP contribution in [0.5, 0.6) is 0 Å². The van der Waals surface area contributed by atoms with Crippen molar-refractivity contribution >= 4 is 22.9 Å². The van der Waals surface area contributed by atoms with Gasteiger partial charge in [0.25, 0.3) is 0 Å². The quantitative estimate of drug-likeness (QED) is 0.753. The van der Waals surface area contributed by atoms with E-state index in [1.54, 1.807) is 11.3 Å². The van der Waals surface area contributed by atoms with Gasteiger partial charge in [0.05, 0.1) is 0 Å². The molecule has 0 saturated heterocycles. The summed E-state index contributed by atoms with van der Waals surface area (Å²) < 4.78 is 0. The zero-order chi connectivity index (χ0) is 14.2. The van der Waals surface area contributed by atoms with E-state index >= 15 is 0 Å². The van der Waals surface area contributed by atoms with Crippen LogP contribution in [0.2, 0.25) is 0 Å². The van der Waals surface area contributed by atoms with Gasteiger partial charge in [-0.3, -0.25) is 0 Å². The van der Waals surface area contributed by atoms with E-state index in [1.807, 2.05) is 18.2 Å². The number of aromatic nitrogens is 2. The molecular weight excluding hydrogens is 300 g/mol. The Kier molecular flexibility index (Phi) is 3.72. The summed E-state index contributed by atoms with van der Waals surface area (Å²) >= 11 is 8.23. The van der Waals surface area contributed by atoms with Crippen LogP contribution in [0.3, 0.4) is 0 Å². The molecule has 2 saturated carbocycles. The Balaban J connectivity index is 1.46. The summed E-state index contributed by atoms with van der Waals surface area (Å²) in [5.41, 5.74) is 1.10. The molecule has 0 aliphatic heterocycles. The maximum atomic E-state index is 6.53. The summed E-state index contributed by atoms with van der Waals surface area (Å²) in [6.07, 6.45) is 6.86. The van der Waals surface area contributed by atoms with E-state index in [4.69, 9.17) is 11.6 Å². The fourth-order valence-electron chi connectivity index (χ4n) is 4.07. The highest BCUT2D eigenvalue weighted by Crippen LogP contribution is 2.49. The maximum Gasteiger partial charge on any atom is 0.139 e. The highest BCUT2D eigenvalue weighted by atomic mass is 35.5. The van der Waals surface area contributed by atoms with Gasteiger partial charge in [-0.2, -0.15) is 0 Å². The monoisotopic (exact) mass is 318 g/mol. The number of hydrogen-bond acceptors (Lipinski definition) is 3. The molecule has 1 aromatic heterocycles. The molecule has 110 valence electrons. The van der Waals surface area contributed by atoms with Crippen LogP contribution >= 0.6 is 22.9 Å². The van der Waals surface area contributed by atoms with Gasteiger partial charge in [-0.1, -0.05) is 48.1 Å². The van der Waals surface area contributed by atoms with Crippen molar-refractivity contribution in [1.29, 1.82) is 0 Å². The number of benzene rings is 1. The van der Waals surface area contributed by atoms with Crippen molar-refractivity contribution < 1.29 is 0 Å². The fraction of sp³-hybridized carbons (Fsp3) is 0.529.